The van der Waals surface area contributed by atoms with Crippen molar-refractivity contribution >= 4 is 28.4 Å². The Hall–Kier alpha value is -2.21. The minimum absolute atomic E-state index is 0.256. The molecule has 20 heavy (non-hydrogen) atoms. The fourth-order valence-corrected chi connectivity index (χ4v) is 2.86. The summed E-state index contributed by atoms with van der Waals surface area (Å²) in [5.41, 5.74) is 1.06. The van der Waals surface area contributed by atoms with Crippen LogP contribution in [0.1, 0.15) is 16.1 Å². The number of thiazole rings is 1. The number of aromatic nitrogens is 2. The van der Waals surface area contributed by atoms with Gasteiger partial charge in [0.25, 0.3) is 0 Å². The highest BCUT2D eigenvalue weighted by molar-refractivity contribution is 7.15. The molecule has 3 aromatic rings. The first kappa shape index (κ1) is 12.8. The van der Waals surface area contributed by atoms with E-state index >= 15 is 0 Å². The largest absolute Gasteiger partial charge is 0.353 e. The van der Waals surface area contributed by atoms with Crippen LogP contribution in [-0.2, 0) is 6.54 Å². The van der Waals surface area contributed by atoms with Crippen molar-refractivity contribution in [3.63, 3.8) is 0 Å². The van der Waals surface area contributed by atoms with Crippen LogP contribution in [0.5, 0.6) is 0 Å². The summed E-state index contributed by atoms with van der Waals surface area (Å²) >= 11 is 1.46. The molecule has 1 aromatic carbocycles. The molecular formula is C14H12FN3OS. The summed E-state index contributed by atoms with van der Waals surface area (Å²) in [7, 11) is 1.80. The third-order valence-corrected chi connectivity index (χ3v) is 3.87. The Balaban J connectivity index is 1.96. The number of rotatable bonds is 4. The van der Waals surface area contributed by atoms with Crippen molar-refractivity contribution in [1.82, 2.24) is 9.38 Å². The predicted octanol–water partition coefficient (Wildman–Crippen LogP) is 2.98. The molecule has 0 saturated heterocycles. The lowest BCUT2D eigenvalue weighted by Crippen LogP contribution is -2.19. The van der Waals surface area contributed by atoms with Gasteiger partial charge in [-0.3, -0.25) is 9.20 Å². The molecule has 0 fully saturated rings. The average molecular weight is 289 g/mol. The number of aldehydes is 1. The van der Waals surface area contributed by atoms with Gasteiger partial charge in [-0.25, -0.2) is 9.37 Å². The Morgan fingerprint density at radius 1 is 1.45 bits per heavy atom. The van der Waals surface area contributed by atoms with Crippen LogP contribution in [0.15, 0.2) is 35.8 Å². The van der Waals surface area contributed by atoms with Crippen molar-refractivity contribution in [2.45, 2.75) is 6.54 Å². The van der Waals surface area contributed by atoms with Crippen LogP contribution in [-0.4, -0.2) is 22.7 Å². The highest BCUT2D eigenvalue weighted by Crippen LogP contribution is 2.24. The molecule has 0 saturated carbocycles. The van der Waals surface area contributed by atoms with Crippen molar-refractivity contribution in [3.05, 3.63) is 52.9 Å². The average Bonchev–Trinajstić information content (AvgIpc) is 3.01. The van der Waals surface area contributed by atoms with Crippen molar-refractivity contribution in [2.75, 3.05) is 11.9 Å². The van der Waals surface area contributed by atoms with E-state index in [1.807, 2.05) is 5.38 Å². The molecule has 0 amide bonds. The number of halogens is 1. The third kappa shape index (κ3) is 2.08. The van der Waals surface area contributed by atoms with E-state index in [9.17, 15) is 9.18 Å². The second-order valence-corrected chi connectivity index (χ2v) is 5.31. The summed E-state index contributed by atoms with van der Waals surface area (Å²) in [5.74, 6) is 0.308. The van der Waals surface area contributed by atoms with E-state index in [-0.39, 0.29) is 5.82 Å². The number of fused-ring (bicyclic) bond motifs is 1. The van der Waals surface area contributed by atoms with Crippen LogP contribution in [0, 0.1) is 5.82 Å². The normalized spacial score (nSPS) is 10.9. The molecule has 4 nitrogen and oxygen atoms in total. The third-order valence-electron chi connectivity index (χ3n) is 3.12. The second-order valence-electron chi connectivity index (χ2n) is 4.44. The zero-order valence-electron chi connectivity index (χ0n) is 10.8. The topological polar surface area (TPSA) is 37.6 Å². The van der Waals surface area contributed by atoms with Gasteiger partial charge >= 0.3 is 0 Å². The van der Waals surface area contributed by atoms with Crippen LogP contribution in [0.2, 0.25) is 0 Å². The molecule has 6 heteroatoms. The molecule has 102 valence electrons. The van der Waals surface area contributed by atoms with Gasteiger partial charge in [0, 0.05) is 30.7 Å². The van der Waals surface area contributed by atoms with Gasteiger partial charge in [-0.15, -0.1) is 11.3 Å². The zero-order valence-corrected chi connectivity index (χ0v) is 11.6. The molecule has 2 heterocycles. The Kier molecular flexibility index (Phi) is 3.23. The number of hydrogen-bond donors (Lipinski definition) is 0. The predicted molar refractivity (Wildman–Crippen MR) is 77.0 cm³/mol. The van der Waals surface area contributed by atoms with Gasteiger partial charge in [0.15, 0.2) is 17.1 Å². The number of carbonyl (C=O) groups is 1. The number of imidazole rings is 1. The Morgan fingerprint density at radius 2 is 2.25 bits per heavy atom. The summed E-state index contributed by atoms with van der Waals surface area (Å²) in [6.45, 7) is 0.359. The highest BCUT2D eigenvalue weighted by atomic mass is 32.1. The van der Waals surface area contributed by atoms with Gasteiger partial charge in [-0.05, 0) is 6.07 Å². The van der Waals surface area contributed by atoms with E-state index in [1.165, 1.54) is 17.4 Å². The summed E-state index contributed by atoms with van der Waals surface area (Å²) in [6.07, 6.45) is 2.58. The van der Waals surface area contributed by atoms with Crippen LogP contribution in [0.4, 0.5) is 10.2 Å². The van der Waals surface area contributed by atoms with Gasteiger partial charge in [-0.1, -0.05) is 18.2 Å². The molecule has 0 atom stereocenters. The van der Waals surface area contributed by atoms with Crippen LogP contribution >= 0.6 is 11.3 Å². The van der Waals surface area contributed by atoms with Gasteiger partial charge in [-0.2, -0.15) is 0 Å². The minimum Gasteiger partial charge on any atom is -0.353 e. The minimum atomic E-state index is -0.256. The lowest BCUT2D eigenvalue weighted by molar-refractivity contribution is 0.111. The molecule has 0 aliphatic heterocycles. The van der Waals surface area contributed by atoms with E-state index < -0.39 is 0 Å². The first-order valence-corrected chi connectivity index (χ1v) is 6.94. The summed E-state index contributed by atoms with van der Waals surface area (Å²) < 4.78 is 15.4. The number of benzene rings is 1. The smallest absolute Gasteiger partial charge is 0.196 e. The zero-order chi connectivity index (χ0) is 14.1. The number of nitrogens with zero attached hydrogens (tertiary/aromatic N) is 3. The van der Waals surface area contributed by atoms with Crippen molar-refractivity contribution in [3.8, 4) is 0 Å². The first-order chi connectivity index (χ1) is 9.70. The molecule has 0 radical (unpaired) electrons. The number of hydrogen-bond acceptors (Lipinski definition) is 4. The fourth-order valence-electron chi connectivity index (χ4n) is 2.14. The van der Waals surface area contributed by atoms with Gasteiger partial charge in [0.1, 0.15) is 11.5 Å². The van der Waals surface area contributed by atoms with Gasteiger partial charge < -0.3 is 4.90 Å². The Labute approximate surface area is 119 Å². The maximum Gasteiger partial charge on any atom is 0.196 e. The van der Waals surface area contributed by atoms with Crippen LogP contribution in [0.25, 0.3) is 4.96 Å². The monoisotopic (exact) mass is 289 g/mol. The molecule has 0 unspecified atom stereocenters. The van der Waals surface area contributed by atoms with E-state index in [1.54, 1.807) is 40.7 Å². The molecule has 0 aliphatic rings. The quantitative estimate of drug-likeness (QED) is 0.693. The van der Waals surface area contributed by atoms with E-state index in [2.05, 4.69) is 4.98 Å². The van der Waals surface area contributed by atoms with Crippen LogP contribution < -0.4 is 4.90 Å². The summed E-state index contributed by atoms with van der Waals surface area (Å²) in [6, 6.07) is 6.60. The SMILES string of the molecule is CN(Cc1ccccc1F)c1nc2sccn2c1C=O. The molecule has 0 N–H and O–H groups in total. The molecule has 3 rings (SSSR count). The lowest BCUT2D eigenvalue weighted by Gasteiger charge is -2.17. The first-order valence-electron chi connectivity index (χ1n) is 6.06. The van der Waals surface area contributed by atoms with E-state index in [4.69, 9.17) is 0 Å². The van der Waals surface area contributed by atoms with Crippen molar-refractivity contribution in [2.24, 2.45) is 0 Å². The number of anilines is 1. The maximum atomic E-state index is 13.7. The second kappa shape index (κ2) is 5.05. The Bertz CT molecular complexity index is 765. The molecule has 2 aromatic heterocycles. The summed E-state index contributed by atoms with van der Waals surface area (Å²) in [5, 5.41) is 1.87. The molecular weight excluding hydrogens is 277 g/mol. The Morgan fingerprint density at radius 3 is 3.00 bits per heavy atom. The van der Waals surface area contributed by atoms with E-state index in [0.29, 0.717) is 23.6 Å². The molecule has 0 bridgehead atoms. The van der Waals surface area contributed by atoms with E-state index in [0.717, 1.165) is 11.2 Å². The lowest BCUT2D eigenvalue weighted by atomic mass is 10.2. The van der Waals surface area contributed by atoms with Gasteiger partial charge in [0.05, 0.1) is 0 Å². The summed E-state index contributed by atoms with van der Waals surface area (Å²) in [4.78, 5) is 18.2. The maximum absolute atomic E-state index is 13.7. The van der Waals surface area contributed by atoms with Crippen molar-refractivity contribution < 1.29 is 9.18 Å². The highest BCUT2D eigenvalue weighted by Gasteiger charge is 2.17. The fraction of sp³-hybridized carbons (Fsp3) is 0.143. The molecule has 0 spiro atoms. The van der Waals surface area contributed by atoms with Crippen molar-refractivity contribution in [1.29, 1.82) is 0 Å². The molecule has 0 aliphatic carbocycles. The van der Waals surface area contributed by atoms with Crippen LogP contribution in [0.3, 0.4) is 0 Å². The van der Waals surface area contributed by atoms with Gasteiger partial charge in [0.2, 0.25) is 0 Å². The number of carbonyl (C=O) groups excluding carboxylic acids is 1. The standard InChI is InChI=1S/C14H12FN3OS/c1-17(8-10-4-2-3-5-11(10)15)13-12(9-19)18-6-7-20-14(18)16-13/h2-7,9H,8H2,1H3.